The molecule has 1 N–H and O–H groups in total. The minimum Gasteiger partial charge on any atom is -0.325 e. The van der Waals surface area contributed by atoms with Gasteiger partial charge in [0.25, 0.3) is 15.5 Å². The highest BCUT2D eigenvalue weighted by atomic mass is 32.2. The van der Waals surface area contributed by atoms with E-state index < -0.39 is 54.3 Å². The minimum atomic E-state index is -7.02. The number of benzene rings is 1. The summed E-state index contributed by atoms with van der Waals surface area (Å²) in [5.41, 5.74) is -2.34. The van der Waals surface area contributed by atoms with E-state index in [9.17, 15) is 54.1 Å². The molecule has 0 saturated carbocycles. The van der Waals surface area contributed by atoms with E-state index in [1.807, 2.05) is 0 Å². The van der Waals surface area contributed by atoms with Crippen LogP contribution in [0.1, 0.15) is 6.92 Å². The number of nitrogens with one attached hydrogen (secondary N) is 1. The van der Waals surface area contributed by atoms with Crippen LogP contribution in [-0.4, -0.2) is 36.6 Å². The zero-order valence-corrected chi connectivity index (χ0v) is 13.1. The third kappa shape index (κ3) is 3.42. The van der Waals surface area contributed by atoms with Crippen LogP contribution in [0.3, 0.4) is 0 Å². The van der Waals surface area contributed by atoms with E-state index in [0.29, 0.717) is 12.1 Å². The second-order valence-electron chi connectivity index (χ2n) is 4.71. The van der Waals surface area contributed by atoms with E-state index in [-0.39, 0.29) is 6.07 Å². The molecule has 15 heteroatoms. The highest BCUT2D eigenvalue weighted by molar-refractivity contribution is 7.92. The van der Waals surface area contributed by atoms with Crippen molar-refractivity contribution >= 4 is 27.1 Å². The van der Waals surface area contributed by atoms with Crippen molar-refractivity contribution in [2.75, 3.05) is 5.32 Å². The molecule has 26 heavy (non-hydrogen) atoms. The van der Waals surface area contributed by atoms with E-state index in [2.05, 4.69) is 0 Å². The third-order valence-electron chi connectivity index (χ3n) is 2.84. The number of rotatable bonds is 5. The summed E-state index contributed by atoms with van der Waals surface area (Å²) in [5, 5.41) is 5.51. The summed E-state index contributed by atoms with van der Waals surface area (Å²) in [7, 11) is -6.83. The monoisotopic (exact) mass is 412 g/mol. The number of alkyl halides is 7. The summed E-state index contributed by atoms with van der Waals surface area (Å²) in [4.78, 5) is 18.3. The maximum absolute atomic E-state index is 13.7. The van der Waals surface area contributed by atoms with Gasteiger partial charge in [0.15, 0.2) is 0 Å². The molecule has 146 valence electrons. The summed E-state index contributed by atoms with van der Waals surface area (Å²) in [6, 6.07) is 0.750. The maximum atomic E-state index is 13.7. The molecule has 0 aromatic heterocycles. The molecule has 0 fully saturated rings. The van der Waals surface area contributed by atoms with Gasteiger partial charge in [-0.3, -0.25) is 14.9 Å². The summed E-state index contributed by atoms with van der Waals surface area (Å²) in [6.45, 7) is 0.736. The second-order valence-corrected chi connectivity index (χ2v) is 6.67. The number of nitro groups is 1. The predicted molar refractivity (Wildman–Crippen MR) is 70.5 cm³/mol. The first-order chi connectivity index (χ1) is 11.5. The van der Waals surface area contributed by atoms with Crippen LogP contribution < -0.4 is 5.32 Å². The zero-order valence-electron chi connectivity index (χ0n) is 12.3. The maximum Gasteiger partial charge on any atom is 0.461 e. The van der Waals surface area contributed by atoms with Gasteiger partial charge in [-0.1, -0.05) is 0 Å². The van der Waals surface area contributed by atoms with Crippen molar-refractivity contribution in [1.82, 2.24) is 0 Å². The number of nitrogens with zero attached hydrogens (tertiary/aromatic N) is 1. The topological polar surface area (TPSA) is 106 Å². The quantitative estimate of drug-likeness (QED) is 0.454. The van der Waals surface area contributed by atoms with Crippen molar-refractivity contribution in [3.05, 3.63) is 28.3 Å². The molecular weight excluding hydrogens is 405 g/mol. The molecule has 0 heterocycles. The number of hydrogen-bond donors (Lipinski definition) is 1. The molecule has 7 nitrogen and oxygen atoms in total. The van der Waals surface area contributed by atoms with Crippen molar-refractivity contribution in [1.29, 1.82) is 0 Å². The number of amides is 1. The molecule has 1 rings (SSSR count). The Bertz CT molecular complexity index is 851. The first-order valence-corrected chi connectivity index (χ1v) is 7.58. The van der Waals surface area contributed by atoms with Crippen molar-refractivity contribution in [2.24, 2.45) is 0 Å². The lowest BCUT2D eigenvalue weighted by Crippen LogP contribution is -2.56. The van der Waals surface area contributed by atoms with Crippen molar-refractivity contribution < 1.29 is 48.9 Å². The predicted octanol–water partition coefficient (Wildman–Crippen LogP) is 3.12. The molecule has 0 aliphatic rings. The molecule has 1 aromatic rings. The molecule has 0 radical (unpaired) electrons. The zero-order chi connectivity index (χ0) is 20.7. The lowest BCUT2D eigenvalue weighted by Gasteiger charge is -2.28. The van der Waals surface area contributed by atoms with Crippen LogP contribution in [0.2, 0.25) is 0 Å². The number of anilines is 1. The van der Waals surface area contributed by atoms with E-state index in [1.165, 1.54) is 0 Å². The molecule has 0 aliphatic carbocycles. The fourth-order valence-corrected chi connectivity index (χ4v) is 3.03. The lowest BCUT2D eigenvalue weighted by molar-refractivity contribution is -0.385. The Morgan fingerprint density at radius 3 is 2.00 bits per heavy atom. The molecular formula is C11H7F7N2O5S. The smallest absolute Gasteiger partial charge is 0.325 e. The van der Waals surface area contributed by atoms with Crippen molar-refractivity contribution in [2.45, 2.75) is 29.2 Å². The Labute approximate surface area is 139 Å². The highest BCUT2D eigenvalue weighted by Gasteiger charge is 2.78. The van der Waals surface area contributed by atoms with Crippen LogP contribution in [0.4, 0.5) is 42.1 Å². The standard InChI is InChI=1S/C11H7F7N2O5S/c1-5(21)19-7-3-2-6(20(22)23)4-8(7)26(24,25)11(17,18)9(12,13)10(14,15)16/h2-4H,1H3,(H,19,21). The van der Waals surface area contributed by atoms with Gasteiger partial charge < -0.3 is 5.32 Å². The Morgan fingerprint density at radius 1 is 1.12 bits per heavy atom. The Kier molecular flexibility index (Phi) is 5.29. The number of carbonyl (C=O) groups excluding carboxylic acids is 1. The normalized spacial score (nSPS) is 13.4. The number of nitro benzene ring substituents is 1. The molecule has 0 unspecified atom stereocenters. The fraction of sp³-hybridized carbons (Fsp3) is 0.364. The van der Waals surface area contributed by atoms with Gasteiger partial charge in [0.2, 0.25) is 5.91 Å². The van der Waals surface area contributed by atoms with Crippen LogP contribution >= 0.6 is 0 Å². The molecule has 1 aromatic carbocycles. The van der Waals surface area contributed by atoms with Crippen LogP contribution in [0.5, 0.6) is 0 Å². The number of sulfone groups is 1. The molecule has 0 saturated heterocycles. The third-order valence-corrected chi connectivity index (χ3v) is 4.68. The summed E-state index contributed by atoms with van der Waals surface area (Å²) in [5.74, 6) is -8.13. The Morgan fingerprint density at radius 2 is 1.62 bits per heavy atom. The SMILES string of the molecule is CC(=O)Nc1ccc([N+](=O)[O-])cc1S(=O)(=O)C(F)(F)C(F)(F)C(F)(F)F. The molecule has 0 spiro atoms. The van der Waals surface area contributed by atoms with Crippen molar-refractivity contribution in [3.8, 4) is 0 Å². The van der Waals surface area contributed by atoms with Gasteiger partial charge in [0.05, 0.1) is 10.6 Å². The van der Waals surface area contributed by atoms with Gasteiger partial charge >= 0.3 is 17.4 Å². The summed E-state index contributed by atoms with van der Waals surface area (Å²) in [6.07, 6.45) is -6.95. The van der Waals surface area contributed by atoms with E-state index in [4.69, 9.17) is 0 Å². The van der Waals surface area contributed by atoms with Gasteiger partial charge in [0.1, 0.15) is 4.90 Å². The molecule has 0 aliphatic heterocycles. The van der Waals surface area contributed by atoms with Crippen LogP contribution in [0.25, 0.3) is 0 Å². The number of hydrogen-bond acceptors (Lipinski definition) is 5. The summed E-state index contributed by atoms with van der Waals surface area (Å²) < 4.78 is 114. The van der Waals surface area contributed by atoms with Gasteiger partial charge in [-0.25, -0.2) is 8.42 Å². The minimum absolute atomic E-state index is 0.166. The van der Waals surface area contributed by atoms with Gasteiger partial charge in [-0.2, -0.15) is 30.7 Å². The van der Waals surface area contributed by atoms with Gasteiger partial charge in [-0.05, 0) is 6.07 Å². The number of halogens is 7. The average molecular weight is 412 g/mol. The molecule has 0 atom stereocenters. The van der Waals surface area contributed by atoms with E-state index in [0.717, 1.165) is 6.92 Å². The van der Waals surface area contributed by atoms with Gasteiger partial charge in [0, 0.05) is 19.1 Å². The summed E-state index contributed by atoms with van der Waals surface area (Å²) >= 11 is 0. The number of carbonyl (C=O) groups is 1. The molecule has 1 amide bonds. The average Bonchev–Trinajstić information content (AvgIpc) is 2.44. The molecule has 0 bridgehead atoms. The largest absolute Gasteiger partial charge is 0.461 e. The van der Waals surface area contributed by atoms with Gasteiger partial charge in [-0.15, -0.1) is 0 Å². The van der Waals surface area contributed by atoms with E-state index >= 15 is 0 Å². The highest BCUT2D eigenvalue weighted by Crippen LogP contribution is 2.51. The number of non-ortho nitro benzene ring substituents is 1. The van der Waals surface area contributed by atoms with Crippen LogP contribution in [0, 0.1) is 10.1 Å². The first kappa shape index (κ1) is 21.6. The second kappa shape index (κ2) is 6.37. The first-order valence-electron chi connectivity index (χ1n) is 6.10. The lowest BCUT2D eigenvalue weighted by atomic mass is 10.3. The van der Waals surface area contributed by atoms with Crippen LogP contribution in [0.15, 0.2) is 23.1 Å². The fourth-order valence-electron chi connectivity index (χ4n) is 1.61. The van der Waals surface area contributed by atoms with E-state index in [1.54, 1.807) is 5.32 Å². The Balaban J connectivity index is 3.77. The van der Waals surface area contributed by atoms with Crippen LogP contribution in [-0.2, 0) is 14.6 Å². The Hall–Kier alpha value is -2.45. The van der Waals surface area contributed by atoms with Crippen molar-refractivity contribution in [3.63, 3.8) is 0 Å².